The molecule has 3 aromatic heterocycles. The number of rotatable bonds is 6. The molecule has 25 heavy (non-hydrogen) atoms. The lowest BCUT2D eigenvalue weighted by Crippen LogP contribution is -2.06. The zero-order valence-corrected chi connectivity index (χ0v) is 16.1. The van der Waals surface area contributed by atoms with E-state index in [0.717, 1.165) is 47.7 Å². The number of hydrogen-bond acceptors (Lipinski definition) is 5. The smallest absolute Gasteiger partial charge is 0.138 e. The van der Waals surface area contributed by atoms with Crippen molar-refractivity contribution in [3.63, 3.8) is 0 Å². The van der Waals surface area contributed by atoms with Crippen LogP contribution in [0.4, 0.5) is 5.82 Å². The fraction of sp³-hybridized carbons (Fsp3) is 0.300. The first kappa shape index (κ1) is 16.5. The van der Waals surface area contributed by atoms with E-state index in [1.54, 1.807) is 11.3 Å². The number of aromatic nitrogens is 2. The van der Waals surface area contributed by atoms with Crippen molar-refractivity contribution < 1.29 is 0 Å². The summed E-state index contributed by atoms with van der Waals surface area (Å²) in [6, 6.07) is 13.1. The second-order valence-corrected chi connectivity index (χ2v) is 8.60. The first-order valence-corrected chi connectivity index (χ1v) is 10.3. The van der Waals surface area contributed by atoms with Crippen molar-refractivity contribution in [1.82, 2.24) is 9.97 Å². The summed E-state index contributed by atoms with van der Waals surface area (Å²) in [6.07, 6.45) is 3.07. The van der Waals surface area contributed by atoms with Crippen molar-refractivity contribution in [2.75, 3.05) is 11.9 Å². The van der Waals surface area contributed by atoms with Gasteiger partial charge in [0, 0.05) is 27.4 Å². The molecule has 0 fully saturated rings. The van der Waals surface area contributed by atoms with Crippen molar-refractivity contribution >= 4 is 48.8 Å². The molecule has 0 spiro atoms. The molecule has 0 atom stereocenters. The van der Waals surface area contributed by atoms with Gasteiger partial charge in [0.25, 0.3) is 0 Å². The van der Waals surface area contributed by atoms with Gasteiger partial charge in [0.15, 0.2) is 0 Å². The molecule has 0 radical (unpaired) electrons. The summed E-state index contributed by atoms with van der Waals surface area (Å²) in [5, 5.41) is 6.05. The maximum absolute atomic E-state index is 4.70. The largest absolute Gasteiger partial charge is 0.369 e. The Labute approximate surface area is 155 Å². The van der Waals surface area contributed by atoms with Gasteiger partial charge in [-0.15, -0.1) is 22.7 Å². The topological polar surface area (TPSA) is 37.8 Å². The monoisotopic (exact) mass is 367 g/mol. The first-order chi connectivity index (χ1) is 12.2. The Morgan fingerprint density at radius 1 is 1.08 bits per heavy atom. The molecule has 3 nitrogen and oxygen atoms in total. The van der Waals surface area contributed by atoms with Gasteiger partial charge in [0.2, 0.25) is 0 Å². The van der Waals surface area contributed by atoms with Crippen LogP contribution in [0.5, 0.6) is 0 Å². The molecular formula is C20H21N3S2. The van der Waals surface area contributed by atoms with Crippen LogP contribution in [-0.2, 0) is 12.8 Å². The highest BCUT2D eigenvalue weighted by molar-refractivity contribution is 7.19. The molecule has 0 aliphatic heterocycles. The molecule has 0 saturated heterocycles. The lowest BCUT2D eigenvalue weighted by Gasteiger charge is -2.08. The molecule has 4 rings (SSSR count). The number of benzene rings is 1. The van der Waals surface area contributed by atoms with Gasteiger partial charge >= 0.3 is 0 Å². The van der Waals surface area contributed by atoms with Gasteiger partial charge in [-0.2, -0.15) is 0 Å². The molecular weight excluding hydrogens is 346 g/mol. The lowest BCUT2D eigenvalue weighted by molar-refractivity contribution is 0.867. The molecule has 1 aromatic carbocycles. The lowest BCUT2D eigenvalue weighted by atomic mass is 10.2. The van der Waals surface area contributed by atoms with Crippen LogP contribution < -0.4 is 5.32 Å². The maximum atomic E-state index is 4.70. The highest BCUT2D eigenvalue weighted by Gasteiger charge is 2.09. The average Bonchev–Trinajstić information content (AvgIpc) is 3.20. The number of nitrogens with one attached hydrogen (secondary N) is 1. The van der Waals surface area contributed by atoms with E-state index in [2.05, 4.69) is 60.5 Å². The molecule has 0 unspecified atom stereocenters. The van der Waals surface area contributed by atoms with E-state index in [4.69, 9.17) is 4.98 Å². The fourth-order valence-electron chi connectivity index (χ4n) is 3.01. The first-order valence-electron chi connectivity index (χ1n) is 8.71. The van der Waals surface area contributed by atoms with Crippen LogP contribution in [0.25, 0.3) is 20.3 Å². The summed E-state index contributed by atoms with van der Waals surface area (Å²) in [7, 11) is 0. The highest BCUT2D eigenvalue weighted by atomic mass is 32.1. The molecule has 0 aliphatic carbocycles. The third-order valence-corrected chi connectivity index (χ3v) is 6.37. The van der Waals surface area contributed by atoms with Gasteiger partial charge in [-0.1, -0.05) is 25.1 Å². The number of aryl methyl sites for hydroxylation is 3. The maximum Gasteiger partial charge on any atom is 0.138 e. The summed E-state index contributed by atoms with van der Waals surface area (Å²) < 4.78 is 1.38. The molecule has 4 aromatic rings. The van der Waals surface area contributed by atoms with Gasteiger partial charge in [-0.3, -0.25) is 0 Å². The Balaban J connectivity index is 1.43. The van der Waals surface area contributed by atoms with Crippen LogP contribution in [0.15, 0.2) is 36.4 Å². The molecule has 5 heteroatoms. The number of nitrogens with zero attached hydrogens (tertiary/aromatic N) is 2. The Bertz CT molecular complexity index is 983. The molecule has 0 amide bonds. The Morgan fingerprint density at radius 3 is 2.80 bits per heavy atom. The van der Waals surface area contributed by atoms with Crippen molar-refractivity contribution in [1.29, 1.82) is 0 Å². The van der Waals surface area contributed by atoms with Crippen LogP contribution in [-0.4, -0.2) is 16.5 Å². The number of fused-ring (bicyclic) bond motifs is 2. The fourth-order valence-corrected chi connectivity index (χ4v) is 5.01. The number of thiophene rings is 2. The van der Waals surface area contributed by atoms with Gasteiger partial charge in [0.1, 0.15) is 16.5 Å². The van der Waals surface area contributed by atoms with Gasteiger partial charge in [-0.05, 0) is 43.4 Å². The summed E-state index contributed by atoms with van der Waals surface area (Å²) >= 11 is 3.65. The summed E-state index contributed by atoms with van der Waals surface area (Å²) in [6.45, 7) is 5.16. The standard InChI is InChI=1S/C20H21N3S2/c1-3-18-22-19(16-11-13(2)24-20(16)23-18)21-10-6-8-15-12-14-7-4-5-9-17(14)25-15/h4-5,7,9,11-12H,3,6,8,10H2,1-2H3,(H,21,22,23). The van der Waals surface area contributed by atoms with E-state index in [-0.39, 0.29) is 0 Å². The summed E-state index contributed by atoms with van der Waals surface area (Å²) in [5.74, 6) is 1.91. The average molecular weight is 368 g/mol. The Hall–Kier alpha value is -1.98. The zero-order valence-electron chi connectivity index (χ0n) is 14.5. The molecule has 0 bridgehead atoms. The minimum atomic E-state index is 0.864. The van der Waals surface area contributed by atoms with Gasteiger partial charge < -0.3 is 5.32 Å². The van der Waals surface area contributed by atoms with Gasteiger partial charge in [0.05, 0.1) is 5.39 Å². The van der Waals surface area contributed by atoms with Crippen molar-refractivity contribution in [3.05, 3.63) is 52.0 Å². The predicted molar refractivity (Wildman–Crippen MR) is 110 cm³/mol. The van der Waals surface area contributed by atoms with Crippen LogP contribution in [0.1, 0.15) is 28.9 Å². The minimum Gasteiger partial charge on any atom is -0.369 e. The molecule has 0 saturated carbocycles. The normalized spacial score (nSPS) is 11.4. The predicted octanol–water partition coefficient (Wildman–Crippen LogP) is 5.82. The molecule has 3 heterocycles. The SMILES string of the molecule is CCc1nc(NCCCc2cc3ccccc3s2)c2cc(C)sc2n1. The molecule has 0 aliphatic rings. The summed E-state index contributed by atoms with van der Waals surface area (Å²) in [5.41, 5.74) is 0. The van der Waals surface area contributed by atoms with Crippen LogP contribution in [0.3, 0.4) is 0 Å². The van der Waals surface area contributed by atoms with E-state index in [0.29, 0.717) is 0 Å². The summed E-state index contributed by atoms with van der Waals surface area (Å²) in [4.78, 5) is 13.2. The quantitative estimate of drug-likeness (QED) is 0.436. The van der Waals surface area contributed by atoms with Crippen LogP contribution in [0, 0.1) is 6.92 Å². The van der Waals surface area contributed by atoms with Gasteiger partial charge in [-0.25, -0.2) is 9.97 Å². The van der Waals surface area contributed by atoms with Crippen molar-refractivity contribution in [3.8, 4) is 0 Å². The van der Waals surface area contributed by atoms with E-state index >= 15 is 0 Å². The van der Waals surface area contributed by atoms with Crippen molar-refractivity contribution in [2.24, 2.45) is 0 Å². The third kappa shape index (κ3) is 3.53. The van der Waals surface area contributed by atoms with E-state index in [9.17, 15) is 0 Å². The van der Waals surface area contributed by atoms with Crippen molar-refractivity contribution in [2.45, 2.75) is 33.1 Å². The second-order valence-electron chi connectivity index (χ2n) is 6.20. The molecule has 128 valence electrons. The Kier molecular flexibility index (Phi) is 4.68. The third-order valence-electron chi connectivity index (χ3n) is 4.25. The molecule has 1 N–H and O–H groups in total. The van der Waals surface area contributed by atoms with E-state index < -0.39 is 0 Å². The van der Waals surface area contributed by atoms with Crippen LogP contribution in [0.2, 0.25) is 0 Å². The minimum absolute atomic E-state index is 0.864. The van der Waals surface area contributed by atoms with E-state index in [1.165, 1.54) is 19.8 Å². The number of anilines is 1. The zero-order chi connectivity index (χ0) is 17.2. The van der Waals surface area contributed by atoms with Crippen LogP contribution >= 0.6 is 22.7 Å². The highest BCUT2D eigenvalue weighted by Crippen LogP contribution is 2.29. The van der Waals surface area contributed by atoms with E-state index in [1.807, 2.05) is 11.3 Å². The number of hydrogen-bond donors (Lipinski definition) is 1. The Morgan fingerprint density at radius 2 is 1.96 bits per heavy atom. The second kappa shape index (κ2) is 7.10.